The standard InChI is InChI=1S/C21H23N3O4S/c1-14-10-15(2)12-17(11-14)28-13-20(26)23-24-21(29)22-19(25)9-8-16-6-4-5-7-18(16)27-3/h4-12H,13H2,1-3H3,(H,23,26)(H2,22,24,25,29). The molecular formula is C21H23N3O4S. The number of hydrazine groups is 1. The lowest BCUT2D eigenvalue weighted by Gasteiger charge is -2.11. The molecule has 0 aliphatic carbocycles. The van der Waals surface area contributed by atoms with Crippen LogP contribution in [0.15, 0.2) is 48.5 Å². The van der Waals surface area contributed by atoms with E-state index in [2.05, 4.69) is 16.2 Å². The van der Waals surface area contributed by atoms with Crippen LogP contribution in [0.4, 0.5) is 0 Å². The normalized spacial score (nSPS) is 10.3. The molecule has 0 bridgehead atoms. The Kier molecular flexibility index (Phi) is 8.17. The van der Waals surface area contributed by atoms with Crippen LogP contribution in [0.25, 0.3) is 6.08 Å². The monoisotopic (exact) mass is 413 g/mol. The van der Waals surface area contributed by atoms with Gasteiger partial charge in [0.05, 0.1) is 7.11 Å². The van der Waals surface area contributed by atoms with Crippen LogP contribution in [0.2, 0.25) is 0 Å². The van der Waals surface area contributed by atoms with Crippen molar-refractivity contribution in [2.24, 2.45) is 0 Å². The summed E-state index contributed by atoms with van der Waals surface area (Å²) in [6.07, 6.45) is 2.92. The molecule has 2 aromatic carbocycles. The molecule has 29 heavy (non-hydrogen) atoms. The molecule has 0 atom stereocenters. The zero-order chi connectivity index (χ0) is 21.2. The van der Waals surface area contributed by atoms with Gasteiger partial charge in [-0.1, -0.05) is 24.3 Å². The smallest absolute Gasteiger partial charge is 0.276 e. The number of carbonyl (C=O) groups is 2. The fourth-order valence-electron chi connectivity index (χ4n) is 2.48. The second-order valence-electron chi connectivity index (χ2n) is 6.18. The Labute approximate surface area is 175 Å². The van der Waals surface area contributed by atoms with Crippen LogP contribution in [-0.2, 0) is 9.59 Å². The first-order chi connectivity index (χ1) is 13.9. The van der Waals surface area contributed by atoms with Crippen LogP contribution in [0, 0.1) is 13.8 Å². The Balaban J connectivity index is 1.75. The summed E-state index contributed by atoms with van der Waals surface area (Å²) < 4.78 is 10.7. The van der Waals surface area contributed by atoms with Crippen LogP contribution >= 0.6 is 12.2 Å². The van der Waals surface area contributed by atoms with E-state index in [1.54, 1.807) is 19.3 Å². The summed E-state index contributed by atoms with van der Waals surface area (Å²) in [5, 5.41) is 2.39. The molecule has 0 unspecified atom stereocenters. The maximum absolute atomic E-state index is 11.9. The first-order valence-electron chi connectivity index (χ1n) is 8.79. The zero-order valence-corrected chi connectivity index (χ0v) is 17.3. The maximum atomic E-state index is 11.9. The number of ether oxygens (including phenoxy) is 2. The number of carbonyl (C=O) groups excluding carboxylic acids is 2. The molecule has 152 valence electrons. The number of nitrogens with one attached hydrogen (secondary N) is 3. The highest BCUT2D eigenvalue weighted by atomic mass is 32.1. The first kappa shape index (κ1) is 21.9. The topological polar surface area (TPSA) is 88.7 Å². The number of hydrogen-bond donors (Lipinski definition) is 3. The largest absolute Gasteiger partial charge is 0.496 e. The molecule has 0 saturated heterocycles. The van der Waals surface area contributed by atoms with E-state index in [0.717, 1.165) is 16.7 Å². The quantitative estimate of drug-likeness (QED) is 0.383. The molecule has 0 radical (unpaired) electrons. The Hall–Kier alpha value is -3.39. The van der Waals surface area contributed by atoms with Gasteiger partial charge in [0.2, 0.25) is 5.91 Å². The average molecular weight is 413 g/mol. The summed E-state index contributed by atoms with van der Waals surface area (Å²) in [7, 11) is 1.55. The third kappa shape index (κ3) is 7.63. The number of thiocarbonyl (C=S) groups is 1. The van der Waals surface area contributed by atoms with E-state index in [4.69, 9.17) is 21.7 Å². The van der Waals surface area contributed by atoms with Gasteiger partial charge in [-0.3, -0.25) is 25.8 Å². The Bertz CT molecular complexity index is 908. The highest BCUT2D eigenvalue weighted by Crippen LogP contribution is 2.18. The molecule has 0 aliphatic heterocycles. The van der Waals surface area contributed by atoms with E-state index in [0.29, 0.717) is 11.5 Å². The minimum Gasteiger partial charge on any atom is -0.496 e. The van der Waals surface area contributed by atoms with Gasteiger partial charge in [0.1, 0.15) is 11.5 Å². The summed E-state index contributed by atoms with van der Waals surface area (Å²) in [4.78, 5) is 23.8. The van der Waals surface area contributed by atoms with E-state index < -0.39 is 11.8 Å². The Morgan fingerprint density at radius 3 is 2.45 bits per heavy atom. The average Bonchev–Trinajstić information content (AvgIpc) is 2.68. The van der Waals surface area contributed by atoms with E-state index in [9.17, 15) is 9.59 Å². The van der Waals surface area contributed by atoms with Crippen molar-refractivity contribution in [1.29, 1.82) is 0 Å². The molecular weight excluding hydrogens is 390 g/mol. The van der Waals surface area contributed by atoms with Gasteiger partial charge in [-0.05, 0) is 61.5 Å². The van der Waals surface area contributed by atoms with Crippen LogP contribution in [-0.4, -0.2) is 30.6 Å². The van der Waals surface area contributed by atoms with Gasteiger partial charge in [0, 0.05) is 11.6 Å². The summed E-state index contributed by atoms with van der Waals surface area (Å²) in [6.45, 7) is 3.70. The molecule has 0 heterocycles. The van der Waals surface area contributed by atoms with Gasteiger partial charge in [0.15, 0.2) is 11.7 Å². The maximum Gasteiger partial charge on any atom is 0.276 e. The van der Waals surface area contributed by atoms with Gasteiger partial charge >= 0.3 is 0 Å². The molecule has 0 aliphatic rings. The molecule has 2 aromatic rings. The zero-order valence-electron chi connectivity index (χ0n) is 16.4. The highest BCUT2D eigenvalue weighted by Gasteiger charge is 2.06. The summed E-state index contributed by atoms with van der Waals surface area (Å²) >= 11 is 4.98. The van der Waals surface area contributed by atoms with Gasteiger partial charge in [-0.25, -0.2) is 0 Å². The second kappa shape index (κ2) is 10.8. The molecule has 8 heteroatoms. The van der Waals surface area contributed by atoms with Crippen molar-refractivity contribution in [2.75, 3.05) is 13.7 Å². The van der Waals surface area contributed by atoms with E-state index in [1.807, 2.05) is 50.2 Å². The van der Waals surface area contributed by atoms with Crippen LogP contribution in [0.5, 0.6) is 11.5 Å². The predicted octanol–water partition coefficient (Wildman–Crippen LogP) is 2.43. The summed E-state index contributed by atoms with van der Waals surface area (Å²) in [6, 6.07) is 13.0. The lowest BCUT2D eigenvalue weighted by atomic mass is 10.1. The third-order valence-electron chi connectivity index (χ3n) is 3.67. The first-order valence-corrected chi connectivity index (χ1v) is 9.20. The molecule has 2 amide bonds. The number of hydrogen-bond acceptors (Lipinski definition) is 5. The molecule has 0 aromatic heterocycles. The SMILES string of the molecule is COc1ccccc1C=CC(=O)NC(=S)NNC(=O)COc1cc(C)cc(C)c1. The number of rotatable bonds is 6. The third-order valence-corrected chi connectivity index (χ3v) is 3.87. The van der Waals surface area contributed by atoms with Crippen LogP contribution < -0.4 is 25.6 Å². The minimum atomic E-state index is -0.450. The number of aryl methyl sites for hydroxylation is 2. The molecule has 0 spiro atoms. The minimum absolute atomic E-state index is 0.0422. The Morgan fingerprint density at radius 1 is 1.07 bits per heavy atom. The lowest BCUT2D eigenvalue weighted by molar-refractivity contribution is -0.123. The van der Waals surface area contributed by atoms with Crippen LogP contribution in [0.1, 0.15) is 16.7 Å². The summed E-state index contributed by atoms with van der Waals surface area (Å²) in [5.41, 5.74) is 7.66. The van der Waals surface area contributed by atoms with E-state index in [-0.39, 0.29) is 11.7 Å². The highest BCUT2D eigenvalue weighted by molar-refractivity contribution is 7.80. The molecule has 3 N–H and O–H groups in total. The predicted molar refractivity (Wildman–Crippen MR) is 115 cm³/mol. The molecule has 0 saturated carbocycles. The van der Waals surface area contributed by atoms with Crippen molar-refractivity contribution in [3.05, 3.63) is 65.2 Å². The molecule has 7 nitrogen and oxygen atoms in total. The van der Waals surface area contributed by atoms with Gasteiger partial charge < -0.3 is 9.47 Å². The fraction of sp³-hybridized carbons (Fsp3) is 0.190. The van der Waals surface area contributed by atoms with Gasteiger partial charge in [-0.2, -0.15) is 0 Å². The number of para-hydroxylation sites is 1. The number of methoxy groups -OCH3 is 1. The number of amides is 2. The van der Waals surface area contributed by atoms with Crippen LogP contribution in [0.3, 0.4) is 0 Å². The summed E-state index contributed by atoms with van der Waals surface area (Å²) in [5.74, 6) is 0.364. The van der Waals surface area contributed by atoms with Crippen molar-refractivity contribution < 1.29 is 19.1 Å². The van der Waals surface area contributed by atoms with Crippen molar-refractivity contribution >= 4 is 35.2 Å². The van der Waals surface area contributed by atoms with Gasteiger partial charge in [0.25, 0.3) is 5.91 Å². The van der Waals surface area contributed by atoms with Crippen molar-refractivity contribution in [3.8, 4) is 11.5 Å². The molecule has 0 fully saturated rings. The molecule has 2 rings (SSSR count). The fourth-order valence-corrected chi connectivity index (χ4v) is 2.63. The van der Waals surface area contributed by atoms with E-state index in [1.165, 1.54) is 6.08 Å². The second-order valence-corrected chi connectivity index (χ2v) is 6.59. The van der Waals surface area contributed by atoms with E-state index >= 15 is 0 Å². The van der Waals surface area contributed by atoms with Crippen molar-refractivity contribution in [3.63, 3.8) is 0 Å². The Morgan fingerprint density at radius 2 is 1.76 bits per heavy atom. The number of benzene rings is 2. The van der Waals surface area contributed by atoms with Gasteiger partial charge in [-0.15, -0.1) is 0 Å². The van der Waals surface area contributed by atoms with Crippen molar-refractivity contribution in [1.82, 2.24) is 16.2 Å². The van der Waals surface area contributed by atoms with Crippen molar-refractivity contribution in [2.45, 2.75) is 13.8 Å². The lowest BCUT2D eigenvalue weighted by Crippen LogP contribution is -2.49.